The van der Waals surface area contributed by atoms with Gasteiger partial charge in [-0.05, 0) is 31.2 Å². The summed E-state index contributed by atoms with van der Waals surface area (Å²) < 4.78 is 2.00. The summed E-state index contributed by atoms with van der Waals surface area (Å²) in [6.07, 6.45) is 3.49. The number of carbonyl (C=O) groups excluding carboxylic acids is 1. The van der Waals surface area contributed by atoms with Crippen molar-refractivity contribution in [1.82, 2.24) is 19.5 Å². The summed E-state index contributed by atoms with van der Waals surface area (Å²) >= 11 is 0. The largest absolute Gasteiger partial charge is 0.331 e. The summed E-state index contributed by atoms with van der Waals surface area (Å²) in [5.74, 6) is 1.46. The maximum atomic E-state index is 12.2. The molecule has 3 rings (SSSR count). The Balaban J connectivity index is 1.92. The number of carbonyl (C=O) groups is 1. The standard InChI is InChI=1S/C15H14N4O/c1-10-18-12-8-11(4-5-13(12)19(10)2)14(20)9-15-16-6-3-7-17-15/h3-8H,9H2,1-2H3. The molecule has 0 unspecified atom stereocenters. The van der Waals surface area contributed by atoms with Gasteiger partial charge in [-0.1, -0.05) is 0 Å². The van der Waals surface area contributed by atoms with Gasteiger partial charge in [0.1, 0.15) is 11.6 Å². The van der Waals surface area contributed by atoms with Crippen LogP contribution in [0.25, 0.3) is 11.0 Å². The first-order chi connectivity index (χ1) is 9.65. The Hall–Kier alpha value is -2.56. The van der Waals surface area contributed by atoms with E-state index >= 15 is 0 Å². The van der Waals surface area contributed by atoms with E-state index in [1.54, 1.807) is 18.5 Å². The monoisotopic (exact) mass is 266 g/mol. The van der Waals surface area contributed by atoms with E-state index in [0.29, 0.717) is 11.4 Å². The minimum atomic E-state index is 0.00130. The third-order valence-electron chi connectivity index (χ3n) is 3.36. The minimum absolute atomic E-state index is 0.00130. The van der Waals surface area contributed by atoms with Crippen LogP contribution < -0.4 is 0 Å². The number of aryl methyl sites for hydroxylation is 2. The second-order valence-corrected chi connectivity index (χ2v) is 4.69. The van der Waals surface area contributed by atoms with Crippen LogP contribution in [0.5, 0.6) is 0 Å². The normalized spacial score (nSPS) is 10.9. The SMILES string of the molecule is Cc1nc2cc(C(=O)Cc3ncccn3)ccc2n1C. The second-order valence-electron chi connectivity index (χ2n) is 4.69. The number of ketones is 1. The van der Waals surface area contributed by atoms with E-state index in [4.69, 9.17) is 0 Å². The third-order valence-corrected chi connectivity index (χ3v) is 3.36. The number of Topliss-reactive ketones (excluding diaryl/α,β-unsaturated/α-hetero) is 1. The maximum Gasteiger partial charge on any atom is 0.170 e. The summed E-state index contributed by atoms with van der Waals surface area (Å²) in [5.41, 5.74) is 2.50. The van der Waals surface area contributed by atoms with E-state index in [1.165, 1.54) is 0 Å². The van der Waals surface area contributed by atoms with Crippen molar-refractivity contribution in [3.63, 3.8) is 0 Å². The number of rotatable bonds is 3. The van der Waals surface area contributed by atoms with E-state index < -0.39 is 0 Å². The third kappa shape index (κ3) is 2.18. The molecule has 2 heterocycles. The predicted molar refractivity (Wildman–Crippen MR) is 75.5 cm³/mol. The van der Waals surface area contributed by atoms with Crippen molar-refractivity contribution in [3.05, 3.63) is 53.9 Å². The van der Waals surface area contributed by atoms with Gasteiger partial charge in [0, 0.05) is 25.0 Å². The Morgan fingerprint density at radius 1 is 1.25 bits per heavy atom. The van der Waals surface area contributed by atoms with E-state index in [9.17, 15) is 4.79 Å². The maximum absolute atomic E-state index is 12.2. The molecule has 0 saturated heterocycles. The Bertz CT molecular complexity index is 777. The van der Waals surface area contributed by atoms with Crippen LogP contribution in [0.1, 0.15) is 22.0 Å². The van der Waals surface area contributed by atoms with E-state index in [0.717, 1.165) is 16.9 Å². The molecule has 0 spiro atoms. The molecule has 20 heavy (non-hydrogen) atoms. The van der Waals surface area contributed by atoms with Gasteiger partial charge in [0.05, 0.1) is 17.5 Å². The van der Waals surface area contributed by atoms with Crippen LogP contribution in [0.2, 0.25) is 0 Å². The fraction of sp³-hybridized carbons (Fsp3) is 0.200. The smallest absolute Gasteiger partial charge is 0.170 e. The molecule has 0 fully saturated rings. The van der Waals surface area contributed by atoms with Crippen molar-refractivity contribution >= 4 is 16.8 Å². The molecular formula is C15H14N4O. The van der Waals surface area contributed by atoms with Gasteiger partial charge in [0.2, 0.25) is 0 Å². The van der Waals surface area contributed by atoms with Gasteiger partial charge < -0.3 is 4.57 Å². The van der Waals surface area contributed by atoms with Gasteiger partial charge >= 0.3 is 0 Å². The van der Waals surface area contributed by atoms with E-state index in [1.807, 2.05) is 36.7 Å². The molecule has 1 aromatic carbocycles. The summed E-state index contributed by atoms with van der Waals surface area (Å²) in [4.78, 5) is 24.8. The number of aromatic nitrogens is 4. The molecule has 0 radical (unpaired) electrons. The molecule has 3 aromatic rings. The van der Waals surface area contributed by atoms with Crippen LogP contribution in [0.15, 0.2) is 36.7 Å². The van der Waals surface area contributed by atoms with Crippen molar-refractivity contribution in [2.75, 3.05) is 0 Å². The van der Waals surface area contributed by atoms with Crippen molar-refractivity contribution in [2.45, 2.75) is 13.3 Å². The van der Waals surface area contributed by atoms with Crippen molar-refractivity contribution in [2.24, 2.45) is 7.05 Å². The first-order valence-corrected chi connectivity index (χ1v) is 6.37. The van der Waals surface area contributed by atoms with Crippen LogP contribution in [0.4, 0.5) is 0 Å². The molecule has 5 heteroatoms. The Labute approximate surface area is 116 Å². The summed E-state index contributed by atoms with van der Waals surface area (Å²) in [6.45, 7) is 1.94. The lowest BCUT2D eigenvalue weighted by Gasteiger charge is -2.01. The highest BCUT2D eigenvalue weighted by molar-refractivity contribution is 5.99. The Morgan fingerprint density at radius 3 is 2.75 bits per heavy atom. The molecule has 0 amide bonds. The lowest BCUT2D eigenvalue weighted by Crippen LogP contribution is -2.06. The number of fused-ring (bicyclic) bond motifs is 1. The zero-order valence-electron chi connectivity index (χ0n) is 11.4. The second kappa shape index (κ2) is 4.85. The van der Waals surface area contributed by atoms with Crippen LogP contribution in [-0.2, 0) is 13.5 Å². The van der Waals surface area contributed by atoms with Gasteiger partial charge in [0.15, 0.2) is 5.78 Å². The summed E-state index contributed by atoms with van der Waals surface area (Å²) in [6, 6.07) is 7.31. The highest BCUT2D eigenvalue weighted by atomic mass is 16.1. The zero-order valence-corrected chi connectivity index (χ0v) is 11.4. The Kier molecular flexibility index (Phi) is 3.02. The predicted octanol–water partition coefficient (Wildman–Crippen LogP) is 2.10. The molecule has 0 aliphatic heterocycles. The molecule has 0 aliphatic rings. The highest BCUT2D eigenvalue weighted by Gasteiger charge is 2.11. The minimum Gasteiger partial charge on any atom is -0.331 e. The van der Waals surface area contributed by atoms with E-state index in [2.05, 4.69) is 15.0 Å². The number of hydrogen-bond donors (Lipinski definition) is 0. The van der Waals surface area contributed by atoms with Gasteiger partial charge in [-0.2, -0.15) is 0 Å². The number of nitrogens with zero attached hydrogens (tertiary/aromatic N) is 4. The molecule has 0 bridgehead atoms. The van der Waals surface area contributed by atoms with Crippen molar-refractivity contribution < 1.29 is 4.79 Å². The number of imidazole rings is 1. The van der Waals surface area contributed by atoms with Gasteiger partial charge in [-0.3, -0.25) is 4.79 Å². The molecule has 2 aromatic heterocycles. The van der Waals surface area contributed by atoms with Crippen LogP contribution >= 0.6 is 0 Å². The Morgan fingerprint density at radius 2 is 2.00 bits per heavy atom. The molecule has 0 N–H and O–H groups in total. The number of benzene rings is 1. The number of hydrogen-bond acceptors (Lipinski definition) is 4. The molecule has 100 valence electrons. The topological polar surface area (TPSA) is 60.7 Å². The molecule has 0 atom stereocenters. The fourth-order valence-electron chi connectivity index (χ4n) is 2.16. The average Bonchev–Trinajstić information content (AvgIpc) is 2.74. The van der Waals surface area contributed by atoms with E-state index in [-0.39, 0.29) is 12.2 Å². The molecule has 0 saturated carbocycles. The molecule has 0 aliphatic carbocycles. The van der Waals surface area contributed by atoms with Gasteiger partial charge in [-0.25, -0.2) is 15.0 Å². The zero-order chi connectivity index (χ0) is 14.1. The van der Waals surface area contributed by atoms with Gasteiger partial charge in [0.25, 0.3) is 0 Å². The van der Waals surface area contributed by atoms with Crippen LogP contribution in [0.3, 0.4) is 0 Å². The van der Waals surface area contributed by atoms with Crippen molar-refractivity contribution in [1.29, 1.82) is 0 Å². The first kappa shape index (κ1) is 12.5. The lowest BCUT2D eigenvalue weighted by atomic mass is 10.1. The van der Waals surface area contributed by atoms with Crippen molar-refractivity contribution in [3.8, 4) is 0 Å². The summed E-state index contributed by atoms with van der Waals surface area (Å²) in [7, 11) is 1.96. The molecule has 5 nitrogen and oxygen atoms in total. The lowest BCUT2D eigenvalue weighted by molar-refractivity contribution is 0.0991. The molecular weight excluding hydrogens is 252 g/mol. The average molecular weight is 266 g/mol. The summed E-state index contributed by atoms with van der Waals surface area (Å²) in [5, 5.41) is 0. The van der Waals surface area contributed by atoms with Crippen LogP contribution in [0, 0.1) is 6.92 Å². The van der Waals surface area contributed by atoms with Crippen LogP contribution in [-0.4, -0.2) is 25.3 Å². The van der Waals surface area contributed by atoms with Gasteiger partial charge in [-0.15, -0.1) is 0 Å². The fourth-order valence-corrected chi connectivity index (χ4v) is 2.16. The highest BCUT2D eigenvalue weighted by Crippen LogP contribution is 2.17. The first-order valence-electron chi connectivity index (χ1n) is 6.37. The quantitative estimate of drug-likeness (QED) is 0.681.